The lowest BCUT2D eigenvalue weighted by Crippen LogP contribution is -2.32. The quantitative estimate of drug-likeness (QED) is 0.118. The first-order valence-electron chi connectivity index (χ1n) is 10.7. The molecule has 0 radical (unpaired) electrons. The van der Waals surface area contributed by atoms with Crippen LogP contribution in [0.15, 0.2) is 113 Å². The third kappa shape index (κ3) is 6.22. The van der Waals surface area contributed by atoms with Gasteiger partial charge in [-0.05, 0) is 48.0 Å². The molecular formula is C26H22N6O2S. The van der Waals surface area contributed by atoms with Crippen LogP contribution >= 0.6 is 0 Å². The monoisotopic (exact) mass is 482 g/mol. The van der Waals surface area contributed by atoms with Crippen molar-refractivity contribution < 1.29 is 8.42 Å². The highest BCUT2D eigenvalue weighted by atomic mass is 32.2. The van der Waals surface area contributed by atoms with Crippen LogP contribution in [-0.2, 0) is 16.6 Å². The highest BCUT2D eigenvalue weighted by Crippen LogP contribution is 2.29. The zero-order chi connectivity index (χ0) is 24.5. The first kappa shape index (κ1) is 23.5. The molecule has 0 saturated heterocycles. The van der Waals surface area contributed by atoms with Gasteiger partial charge in [0.2, 0.25) is 0 Å². The molecule has 2 N–H and O–H groups in total. The van der Waals surface area contributed by atoms with Gasteiger partial charge < -0.3 is 0 Å². The van der Waals surface area contributed by atoms with E-state index in [1.807, 2.05) is 60.8 Å². The van der Waals surface area contributed by atoms with Crippen LogP contribution in [0.4, 0.5) is 11.4 Å². The molecule has 4 aromatic rings. The summed E-state index contributed by atoms with van der Waals surface area (Å²) in [7, 11) is -3.82. The predicted molar refractivity (Wildman–Crippen MR) is 136 cm³/mol. The Kier molecular flexibility index (Phi) is 7.35. The summed E-state index contributed by atoms with van der Waals surface area (Å²) in [5, 5.41) is 10.5. The molecule has 0 spiro atoms. The number of benzene rings is 3. The first-order valence-corrected chi connectivity index (χ1v) is 12.2. The Balaban J connectivity index is 1.48. The Morgan fingerprint density at radius 2 is 1.63 bits per heavy atom. The summed E-state index contributed by atoms with van der Waals surface area (Å²) in [6.45, 7) is 0.344. The van der Waals surface area contributed by atoms with Crippen molar-refractivity contribution in [3.05, 3.63) is 109 Å². The molecule has 3 aromatic carbocycles. The second kappa shape index (κ2) is 11.0. The fourth-order valence-corrected chi connectivity index (χ4v) is 4.65. The van der Waals surface area contributed by atoms with Crippen LogP contribution in [0.5, 0.6) is 0 Å². The number of sulfonamides is 1. The fourth-order valence-electron chi connectivity index (χ4n) is 3.36. The van der Waals surface area contributed by atoms with E-state index in [0.717, 1.165) is 11.3 Å². The molecule has 0 amide bonds. The fraction of sp³-hybridized carbons (Fsp3) is 0.0385. The molecule has 1 heterocycles. The lowest BCUT2D eigenvalue weighted by molar-refractivity contribution is 0.365. The molecule has 35 heavy (non-hydrogen) atoms. The van der Waals surface area contributed by atoms with Gasteiger partial charge in [0.05, 0.1) is 22.8 Å². The number of aromatic nitrogens is 1. The Labute approximate surface area is 204 Å². The molecule has 0 aliphatic rings. The van der Waals surface area contributed by atoms with Gasteiger partial charge in [-0.1, -0.05) is 54.6 Å². The van der Waals surface area contributed by atoms with Crippen molar-refractivity contribution in [2.75, 3.05) is 4.72 Å². The van der Waals surface area contributed by atoms with E-state index in [1.54, 1.807) is 48.7 Å². The normalized spacial score (nSPS) is 11.1. The van der Waals surface area contributed by atoms with Crippen LogP contribution in [0.1, 0.15) is 5.69 Å². The van der Waals surface area contributed by atoms with E-state index in [2.05, 4.69) is 20.1 Å². The van der Waals surface area contributed by atoms with E-state index in [9.17, 15) is 8.42 Å². The van der Waals surface area contributed by atoms with Crippen LogP contribution in [0.3, 0.4) is 0 Å². The summed E-state index contributed by atoms with van der Waals surface area (Å²) < 4.78 is 28.9. The molecule has 0 unspecified atom stereocenters. The van der Waals surface area contributed by atoms with Crippen molar-refractivity contribution in [2.24, 2.45) is 4.99 Å². The van der Waals surface area contributed by atoms with Crippen LogP contribution in [0, 0.1) is 11.5 Å². The molecule has 9 heteroatoms. The minimum absolute atomic E-state index is 0.195. The largest absolute Gasteiger partial charge is 0.280 e. The molecule has 0 saturated carbocycles. The van der Waals surface area contributed by atoms with Crippen LogP contribution in [0.25, 0.3) is 11.1 Å². The number of pyridine rings is 1. The van der Waals surface area contributed by atoms with Gasteiger partial charge in [-0.2, -0.15) is 5.26 Å². The van der Waals surface area contributed by atoms with E-state index in [4.69, 9.17) is 5.26 Å². The Morgan fingerprint density at radius 3 is 2.34 bits per heavy atom. The molecule has 0 fully saturated rings. The Hall–Kier alpha value is -4.68. The van der Waals surface area contributed by atoms with Gasteiger partial charge in [0.1, 0.15) is 6.34 Å². The maximum Gasteiger partial charge on any atom is 0.262 e. The van der Waals surface area contributed by atoms with Crippen molar-refractivity contribution in [3.8, 4) is 17.3 Å². The maximum atomic E-state index is 13.1. The van der Waals surface area contributed by atoms with Crippen molar-refractivity contribution in [1.82, 2.24) is 15.4 Å². The number of rotatable bonds is 9. The summed E-state index contributed by atoms with van der Waals surface area (Å²) in [4.78, 5) is 8.78. The molecular weight excluding hydrogens is 460 g/mol. The van der Waals surface area contributed by atoms with Crippen molar-refractivity contribution in [1.29, 1.82) is 5.26 Å². The van der Waals surface area contributed by atoms with Gasteiger partial charge in [-0.25, -0.2) is 18.8 Å². The number of nitrogens with one attached hydrogen (secondary N) is 2. The van der Waals surface area contributed by atoms with Gasteiger partial charge in [0.15, 0.2) is 6.19 Å². The van der Waals surface area contributed by atoms with E-state index in [0.29, 0.717) is 23.5 Å². The van der Waals surface area contributed by atoms with Gasteiger partial charge in [0.25, 0.3) is 10.0 Å². The molecule has 174 valence electrons. The average molecular weight is 483 g/mol. The average Bonchev–Trinajstić information content (AvgIpc) is 2.89. The molecule has 0 aliphatic carbocycles. The minimum Gasteiger partial charge on any atom is -0.280 e. The number of nitrogens with zero attached hydrogens (tertiary/aromatic N) is 4. The number of nitriles is 1. The highest BCUT2D eigenvalue weighted by Gasteiger charge is 2.19. The molecule has 0 aliphatic heterocycles. The summed E-state index contributed by atoms with van der Waals surface area (Å²) in [6, 6.07) is 28.4. The predicted octanol–water partition coefficient (Wildman–Crippen LogP) is 4.70. The minimum atomic E-state index is -3.82. The van der Waals surface area contributed by atoms with E-state index < -0.39 is 10.0 Å². The van der Waals surface area contributed by atoms with Crippen molar-refractivity contribution in [2.45, 2.75) is 11.4 Å². The number of hydrazine groups is 1. The number of aliphatic imine (C=N–C) groups is 1. The smallest absolute Gasteiger partial charge is 0.262 e. The van der Waals surface area contributed by atoms with Crippen molar-refractivity contribution in [3.63, 3.8) is 0 Å². The van der Waals surface area contributed by atoms with Gasteiger partial charge in [-0.3, -0.25) is 14.7 Å². The maximum absolute atomic E-state index is 13.1. The molecule has 0 atom stereocenters. The third-order valence-corrected chi connectivity index (χ3v) is 6.42. The van der Waals surface area contributed by atoms with Crippen LogP contribution in [0.2, 0.25) is 0 Å². The molecule has 8 nitrogen and oxygen atoms in total. The molecule has 0 bridgehead atoms. The number of hydrogen-bond acceptors (Lipinski definition) is 6. The summed E-state index contributed by atoms with van der Waals surface area (Å²) in [5.74, 6) is 0. The van der Waals surface area contributed by atoms with Gasteiger partial charge >= 0.3 is 0 Å². The summed E-state index contributed by atoms with van der Waals surface area (Å²) >= 11 is 0. The van der Waals surface area contributed by atoms with E-state index in [-0.39, 0.29) is 4.90 Å². The highest BCUT2D eigenvalue weighted by molar-refractivity contribution is 7.92. The second-order valence-corrected chi connectivity index (χ2v) is 9.08. The topological polar surface area (TPSA) is 110 Å². The lowest BCUT2D eigenvalue weighted by Gasteiger charge is -2.15. The van der Waals surface area contributed by atoms with E-state index >= 15 is 0 Å². The van der Waals surface area contributed by atoms with Crippen LogP contribution in [-0.4, -0.2) is 24.7 Å². The zero-order valence-electron chi connectivity index (χ0n) is 18.6. The SMILES string of the molecule is N#CNN(/C=N\c1ccc(NS(=O)(=O)c2ccccc2-c2ccccc2)cc1)Cc1ccccn1. The molecule has 1 aromatic heterocycles. The van der Waals surface area contributed by atoms with Gasteiger partial charge in [0, 0.05) is 17.4 Å². The standard InChI is InChI=1S/C26H22N6O2S/c27-19-30-32(18-24-10-6-7-17-28-24)20-29-22-13-15-23(16-14-22)31-35(33,34)26-12-5-4-11-25(26)21-8-2-1-3-9-21/h1-17,20,30-31H,18H2/b29-20-. The Bertz CT molecular complexity index is 1430. The summed E-state index contributed by atoms with van der Waals surface area (Å²) in [6.07, 6.45) is 5.03. The Morgan fingerprint density at radius 1 is 0.914 bits per heavy atom. The second-order valence-electron chi connectivity index (χ2n) is 7.43. The van der Waals surface area contributed by atoms with E-state index in [1.165, 1.54) is 11.3 Å². The summed E-state index contributed by atoms with van der Waals surface area (Å²) in [5.41, 5.74) is 5.74. The van der Waals surface area contributed by atoms with Crippen molar-refractivity contribution >= 4 is 27.7 Å². The number of hydrogen-bond donors (Lipinski definition) is 2. The first-order chi connectivity index (χ1) is 17.0. The molecule has 4 rings (SSSR count). The zero-order valence-corrected chi connectivity index (χ0v) is 19.4. The number of anilines is 1. The van der Waals surface area contributed by atoms with Gasteiger partial charge in [-0.15, -0.1) is 0 Å². The van der Waals surface area contributed by atoms with Crippen LogP contribution < -0.4 is 10.1 Å². The lowest BCUT2D eigenvalue weighted by atomic mass is 10.1. The third-order valence-electron chi connectivity index (χ3n) is 4.98.